The molecule has 0 spiro atoms. The van der Waals surface area contributed by atoms with Gasteiger partial charge >= 0.3 is 0 Å². The molecule has 44 valence electrons. The van der Waals surface area contributed by atoms with Gasteiger partial charge in [0.2, 0.25) is 0 Å². The number of hydrogen-bond acceptors (Lipinski definition) is 1. The van der Waals surface area contributed by atoms with Gasteiger partial charge in [0.15, 0.2) is 0 Å². The van der Waals surface area contributed by atoms with Crippen LogP contribution in [0.15, 0.2) is 16.6 Å². The standard InChI is InChI=1S/C5H5F2N/c6-5(7)4-1-2-8-3-4/h1-2,5H,3H2. The van der Waals surface area contributed by atoms with Gasteiger partial charge in [-0.25, -0.2) is 8.78 Å². The van der Waals surface area contributed by atoms with Gasteiger partial charge in [0.1, 0.15) is 0 Å². The van der Waals surface area contributed by atoms with Crippen LogP contribution in [0.4, 0.5) is 8.78 Å². The number of alkyl halides is 2. The fourth-order valence-corrected chi connectivity index (χ4v) is 0.501. The van der Waals surface area contributed by atoms with Crippen LogP contribution in [0.2, 0.25) is 0 Å². The van der Waals surface area contributed by atoms with Crippen molar-refractivity contribution in [2.75, 3.05) is 6.54 Å². The maximum Gasteiger partial charge on any atom is 0.262 e. The molecule has 1 rings (SSSR count). The lowest BCUT2D eigenvalue weighted by Crippen LogP contribution is -1.96. The van der Waals surface area contributed by atoms with Crippen LogP contribution in [0.25, 0.3) is 0 Å². The summed E-state index contributed by atoms with van der Waals surface area (Å²) in [7, 11) is 0. The van der Waals surface area contributed by atoms with E-state index in [4.69, 9.17) is 0 Å². The average molecular weight is 117 g/mol. The number of allylic oxidation sites excluding steroid dienone is 1. The number of halogens is 2. The zero-order chi connectivity index (χ0) is 5.98. The molecule has 1 nitrogen and oxygen atoms in total. The minimum absolute atomic E-state index is 0.116. The predicted octanol–water partition coefficient (Wildman–Crippen LogP) is 1.26. The predicted molar refractivity (Wildman–Crippen MR) is 27.4 cm³/mol. The third kappa shape index (κ3) is 0.911. The quantitative estimate of drug-likeness (QED) is 0.490. The van der Waals surface area contributed by atoms with E-state index < -0.39 is 6.43 Å². The van der Waals surface area contributed by atoms with Gasteiger partial charge < -0.3 is 0 Å². The van der Waals surface area contributed by atoms with E-state index in [-0.39, 0.29) is 12.1 Å². The molecule has 0 unspecified atom stereocenters. The topological polar surface area (TPSA) is 12.4 Å². The van der Waals surface area contributed by atoms with Gasteiger partial charge in [-0.05, 0) is 6.08 Å². The summed E-state index contributed by atoms with van der Waals surface area (Å²) in [4.78, 5) is 3.59. The number of aliphatic imine (C=N–C) groups is 1. The highest BCUT2D eigenvalue weighted by molar-refractivity contribution is 5.75. The molecule has 0 aromatic heterocycles. The Morgan fingerprint density at radius 3 is 2.62 bits per heavy atom. The maximum atomic E-state index is 11.6. The fraction of sp³-hybridized carbons (Fsp3) is 0.400. The molecule has 0 fully saturated rings. The Morgan fingerprint density at radius 1 is 1.62 bits per heavy atom. The Morgan fingerprint density at radius 2 is 2.38 bits per heavy atom. The third-order valence-corrected chi connectivity index (χ3v) is 0.948. The Bertz CT molecular complexity index is 137. The minimum atomic E-state index is -2.32. The zero-order valence-electron chi connectivity index (χ0n) is 4.14. The second-order valence-corrected chi connectivity index (χ2v) is 1.53. The summed E-state index contributed by atoms with van der Waals surface area (Å²) in [6.07, 6.45) is 0.434. The van der Waals surface area contributed by atoms with E-state index in [9.17, 15) is 8.78 Å². The fourth-order valence-electron chi connectivity index (χ4n) is 0.501. The third-order valence-electron chi connectivity index (χ3n) is 0.948. The summed E-state index contributed by atoms with van der Waals surface area (Å²) in [5.41, 5.74) is 0.116. The van der Waals surface area contributed by atoms with Crippen LogP contribution in [0.3, 0.4) is 0 Å². The van der Waals surface area contributed by atoms with Crippen LogP contribution >= 0.6 is 0 Å². The summed E-state index contributed by atoms with van der Waals surface area (Å²) < 4.78 is 23.2. The highest BCUT2D eigenvalue weighted by atomic mass is 19.3. The second-order valence-electron chi connectivity index (χ2n) is 1.53. The molecule has 1 aliphatic heterocycles. The van der Waals surface area contributed by atoms with Gasteiger partial charge in [0, 0.05) is 11.8 Å². The van der Waals surface area contributed by atoms with E-state index in [0.717, 1.165) is 0 Å². The summed E-state index contributed by atoms with van der Waals surface area (Å²) in [5, 5.41) is 0. The van der Waals surface area contributed by atoms with Gasteiger partial charge in [-0.3, -0.25) is 4.99 Å². The van der Waals surface area contributed by atoms with Crippen LogP contribution in [0.1, 0.15) is 0 Å². The van der Waals surface area contributed by atoms with Crippen molar-refractivity contribution in [1.29, 1.82) is 0 Å². The van der Waals surface area contributed by atoms with Crippen LogP contribution in [-0.2, 0) is 0 Å². The molecule has 0 saturated heterocycles. The maximum absolute atomic E-state index is 11.6. The Balaban J connectivity index is 2.51. The molecule has 0 N–H and O–H groups in total. The minimum Gasteiger partial charge on any atom is -0.289 e. The Labute approximate surface area is 45.7 Å². The van der Waals surface area contributed by atoms with Gasteiger partial charge in [0.25, 0.3) is 6.43 Å². The molecule has 3 heteroatoms. The molecule has 0 aromatic rings. The summed E-state index contributed by atoms with van der Waals surface area (Å²) >= 11 is 0. The van der Waals surface area contributed by atoms with Crippen LogP contribution < -0.4 is 0 Å². The molecule has 0 saturated carbocycles. The van der Waals surface area contributed by atoms with Crippen molar-refractivity contribution in [3.05, 3.63) is 11.6 Å². The van der Waals surface area contributed by atoms with Crippen LogP contribution in [0, 0.1) is 0 Å². The van der Waals surface area contributed by atoms with E-state index >= 15 is 0 Å². The highest BCUT2D eigenvalue weighted by Crippen LogP contribution is 2.10. The Hall–Kier alpha value is -0.730. The second kappa shape index (κ2) is 2.03. The van der Waals surface area contributed by atoms with Crippen molar-refractivity contribution < 1.29 is 8.78 Å². The molecule has 0 radical (unpaired) electrons. The molecular weight excluding hydrogens is 112 g/mol. The van der Waals surface area contributed by atoms with Gasteiger partial charge in [-0.15, -0.1) is 0 Å². The molecule has 1 aliphatic rings. The van der Waals surface area contributed by atoms with Crippen LogP contribution in [0.5, 0.6) is 0 Å². The average Bonchev–Trinajstić information content (AvgIpc) is 2.12. The first kappa shape index (κ1) is 5.41. The largest absolute Gasteiger partial charge is 0.289 e. The number of rotatable bonds is 1. The van der Waals surface area contributed by atoms with Gasteiger partial charge in [-0.2, -0.15) is 0 Å². The van der Waals surface area contributed by atoms with E-state index in [1.54, 1.807) is 0 Å². The molecular formula is C5H5F2N. The molecule has 0 bridgehead atoms. The van der Waals surface area contributed by atoms with Crippen molar-refractivity contribution in [3.63, 3.8) is 0 Å². The highest BCUT2D eigenvalue weighted by Gasteiger charge is 2.10. The first-order chi connectivity index (χ1) is 3.80. The molecule has 8 heavy (non-hydrogen) atoms. The van der Waals surface area contributed by atoms with Crippen molar-refractivity contribution in [2.45, 2.75) is 6.43 Å². The molecule has 0 amide bonds. The lowest BCUT2D eigenvalue weighted by molar-refractivity contribution is 0.189. The van der Waals surface area contributed by atoms with Crippen molar-refractivity contribution >= 4 is 6.21 Å². The zero-order valence-corrected chi connectivity index (χ0v) is 4.14. The van der Waals surface area contributed by atoms with Crippen molar-refractivity contribution in [3.8, 4) is 0 Å². The van der Waals surface area contributed by atoms with Gasteiger partial charge in [0.05, 0.1) is 6.54 Å². The van der Waals surface area contributed by atoms with Crippen molar-refractivity contribution in [1.82, 2.24) is 0 Å². The summed E-state index contributed by atoms with van der Waals surface area (Å²) in [6, 6.07) is 0. The Kier molecular flexibility index (Phi) is 1.37. The lowest BCUT2D eigenvalue weighted by Gasteiger charge is -1.93. The van der Waals surface area contributed by atoms with E-state index in [0.29, 0.717) is 0 Å². The summed E-state index contributed by atoms with van der Waals surface area (Å²) in [6.45, 7) is 0.178. The number of nitrogens with zero attached hydrogens (tertiary/aromatic N) is 1. The molecule has 0 atom stereocenters. The first-order valence-corrected chi connectivity index (χ1v) is 2.28. The SMILES string of the molecule is FC(F)C1=CC=NC1. The van der Waals surface area contributed by atoms with E-state index in [1.165, 1.54) is 12.3 Å². The van der Waals surface area contributed by atoms with E-state index in [2.05, 4.69) is 4.99 Å². The lowest BCUT2D eigenvalue weighted by atomic mass is 10.3. The molecule has 0 aromatic carbocycles. The molecule has 0 aliphatic carbocycles. The van der Waals surface area contributed by atoms with Crippen molar-refractivity contribution in [2.24, 2.45) is 4.99 Å². The normalized spacial score (nSPS) is 17.6. The smallest absolute Gasteiger partial charge is 0.262 e. The summed E-state index contributed by atoms with van der Waals surface area (Å²) in [5.74, 6) is 0. The first-order valence-electron chi connectivity index (χ1n) is 2.28. The van der Waals surface area contributed by atoms with Crippen LogP contribution in [-0.4, -0.2) is 19.2 Å². The van der Waals surface area contributed by atoms with Gasteiger partial charge in [-0.1, -0.05) is 0 Å². The monoisotopic (exact) mass is 117 g/mol. The van der Waals surface area contributed by atoms with E-state index in [1.807, 2.05) is 0 Å². The number of hydrogen-bond donors (Lipinski definition) is 0. The molecule has 1 heterocycles.